The van der Waals surface area contributed by atoms with Crippen LogP contribution < -0.4 is 0 Å². The zero-order valence-corrected chi connectivity index (χ0v) is 14.0. The maximum atomic E-state index is 12.3. The molecule has 0 saturated carbocycles. The number of hydrogen-bond acceptors (Lipinski definition) is 3. The molecule has 23 heavy (non-hydrogen) atoms. The molecule has 0 aliphatic carbocycles. The van der Waals surface area contributed by atoms with Crippen LogP contribution in [0.5, 0.6) is 0 Å². The Morgan fingerprint density at radius 3 is 1.65 bits per heavy atom. The SMILES string of the molecule is CCN(CC)Cc1ccc(C(=O)C(=O)c2ccc(C)cc2)cc1. The van der Waals surface area contributed by atoms with E-state index in [0.29, 0.717) is 11.1 Å². The van der Waals surface area contributed by atoms with Crippen molar-refractivity contribution in [3.05, 3.63) is 70.8 Å². The van der Waals surface area contributed by atoms with Gasteiger partial charge in [-0.25, -0.2) is 0 Å². The molecule has 0 aromatic heterocycles. The third-order valence-electron chi connectivity index (χ3n) is 4.04. The number of nitrogens with zero attached hydrogens (tertiary/aromatic N) is 1. The zero-order chi connectivity index (χ0) is 16.8. The Morgan fingerprint density at radius 1 is 0.783 bits per heavy atom. The molecule has 0 bridgehead atoms. The molecule has 0 N–H and O–H groups in total. The number of Topliss-reactive ketones (excluding diaryl/α,β-unsaturated/α-hetero) is 2. The van der Waals surface area contributed by atoms with Crippen molar-refractivity contribution in [1.29, 1.82) is 0 Å². The van der Waals surface area contributed by atoms with Gasteiger partial charge in [-0.1, -0.05) is 67.9 Å². The van der Waals surface area contributed by atoms with Crippen LogP contribution in [0.1, 0.15) is 45.7 Å². The quantitative estimate of drug-likeness (QED) is 0.575. The average Bonchev–Trinajstić information content (AvgIpc) is 2.59. The molecule has 0 atom stereocenters. The average molecular weight is 309 g/mol. The fourth-order valence-corrected chi connectivity index (χ4v) is 2.43. The van der Waals surface area contributed by atoms with E-state index in [1.165, 1.54) is 0 Å². The molecule has 0 radical (unpaired) electrons. The van der Waals surface area contributed by atoms with E-state index in [4.69, 9.17) is 0 Å². The van der Waals surface area contributed by atoms with Gasteiger partial charge in [0.25, 0.3) is 0 Å². The lowest BCUT2D eigenvalue weighted by Crippen LogP contribution is -2.22. The zero-order valence-electron chi connectivity index (χ0n) is 14.0. The van der Waals surface area contributed by atoms with Crippen molar-refractivity contribution in [2.45, 2.75) is 27.3 Å². The fraction of sp³-hybridized carbons (Fsp3) is 0.300. The van der Waals surface area contributed by atoms with Gasteiger partial charge >= 0.3 is 0 Å². The lowest BCUT2D eigenvalue weighted by Gasteiger charge is -2.17. The van der Waals surface area contributed by atoms with Gasteiger partial charge in [-0.05, 0) is 25.6 Å². The van der Waals surface area contributed by atoms with Crippen molar-refractivity contribution in [2.75, 3.05) is 13.1 Å². The van der Waals surface area contributed by atoms with Crippen LogP contribution in [-0.2, 0) is 6.54 Å². The van der Waals surface area contributed by atoms with Crippen molar-refractivity contribution < 1.29 is 9.59 Å². The van der Waals surface area contributed by atoms with Gasteiger partial charge < -0.3 is 0 Å². The van der Waals surface area contributed by atoms with Crippen LogP contribution >= 0.6 is 0 Å². The predicted molar refractivity (Wildman–Crippen MR) is 92.9 cm³/mol. The Kier molecular flexibility index (Phi) is 5.83. The van der Waals surface area contributed by atoms with E-state index >= 15 is 0 Å². The van der Waals surface area contributed by atoms with Gasteiger partial charge in [0.1, 0.15) is 0 Å². The summed E-state index contributed by atoms with van der Waals surface area (Å²) in [6.45, 7) is 9.04. The van der Waals surface area contributed by atoms with Crippen molar-refractivity contribution in [3.63, 3.8) is 0 Å². The van der Waals surface area contributed by atoms with E-state index in [-0.39, 0.29) is 0 Å². The highest BCUT2D eigenvalue weighted by Gasteiger charge is 2.18. The Hall–Kier alpha value is -2.26. The lowest BCUT2D eigenvalue weighted by molar-refractivity contribution is 0.0817. The van der Waals surface area contributed by atoms with Crippen LogP contribution in [-0.4, -0.2) is 29.6 Å². The number of carbonyl (C=O) groups is 2. The topological polar surface area (TPSA) is 37.4 Å². The Bertz CT molecular complexity index is 668. The highest BCUT2D eigenvalue weighted by Crippen LogP contribution is 2.12. The maximum Gasteiger partial charge on any atom is 0.233 e. The summed E-state index contributed by atoms with van der Waals surface area (Å²) in [5.74, 6) is -0.912. The van der Waals surface area contributed by atoms with Gasteiger partial charge in [0.05, 0.1) is 0 Å². The molecule has 2 aromatic rings. The highest BCUT2D eigenvalue weighted by atomic mass is 16.2. The molecular formula is C20H23NO2. The second-order valence-electron chi connectivity index (χ2n) is 5.68. The van der Waals surface area contributed by atoms with Gasteiger partial charge in [0, 0.05) is 17.7 Å². The molecule has 3 nitrogen and oxygen atoms in total. The molecule has 3 heteroatoms. The molecule has 0 amide bonds. The molecule has 0 spiro atoms. The summed E-state index contributed by atoms with van der Waals surface area (Å²) in [6, 6.07) is 14.4. The van der Waals surface area contributed by atoms with E-state index in [1.807, 2.05) is 31.2 Å². The van der Waals surface area contributed by atoms with Crippen LogP contribution in [0.3, 0.4) is 0 Å². The minimum absolute atomic E-state index is 0.438. The molecule has 2 rings (SSSR count). The third kappa shape index (κ3) is 4.36. The Morgan fingerprint density at radius 2 is 1.22 bits per heavy atom. The van der Waals surface area contributed by atoms with E-state index < -0.39 is 11.6 Å². The van der Waals surface area contributed by atoms with Gasteiger partial charge in [0.15, 0.2) is 0 Å². The number of rotatable bonds is 7. The predicted octanol–water partition coefficient (Wildman–Crippen LogP) is 3.90. The number of aryl methyl sites for hydroxylation is 1. The first-order chi connectivity index (χ1) is 11.0. The Balaban J connectivity index is 2.10. The van der Waals surface area contributed by atoms with Crippen LogP contribution in [0.2, 0.25) is 0 Å². The van der Waals surface area contributed by atoms with E-state index in [1.54, 1.807) is 24.3 Å². The summed E-state index contributed by atoms with van der Waals surface area (Å²) in [5, 5.41) is 0. The van der Waals surface area contributed by atoms with Crippen LogP contribution in [0.15, 0.2) is 48.5 Å². The van der Waals surface area contributed by atoms with Crippen molar-refractivity contribution in [1.82, 2.24) is 4.90 Å². The van der Waals surface area contributed by atoms with Gasteiger partial charge in [-0.3, -0.25) is 14.5 Å². The standard InChI is InChI=1S/C20H23NO2/c1-4-21(5-2)14-16-8-12-18(13-9-16)20(23)19(22)17-10-6-15(3)7-11-17/h6-13H,4-5,14H2,1-3H3. The van der Waals surface area contributed by atoms with Crippen molar-refractivity contribution in [2.24, 2.45) is 0 Å². The molecule has 0 aliphatic rings. The molecule has 2 aromatic carbocycles. The summed E-state index contributed by atoms with van der Waals surface area (Å²) in [7, 11) is 0. The third-order valence-corrected chi connectivity index (χ3v) is 4.04. The Labute approximate surface area is 137 Å². The van der Waals surface area contributed by atoms with Crippen molar-refractivity contribution in [3.8, 4) is 0 Å². The maximum absolute atomic E-state index is 12.3. The summed E-state index contributed by atoms with van der Waals surface area (Å²) < 4.78 is 0. The largest absolute Gasteiger partial charge is 0.300 e. The van der Waals surface area contributed by atoms with Crippen LogP contribution in [0.25, 0.3) is 0 Å². The minimum Gasteiger partial charge on any atom is -0.300 e. The summed E-state index contributed by atoms with van der Waals surface area (Å²) in [6.07, 6.45) is 0. The molecule has 0 fully saturated rings. The smallest absolute Gasteiger partial charge is 0.233 e. The normalized spacial score (nSPS) is 10.8. The lowest BCUT2D eigenvalue weighted by atomic mass is 10.00. The molecule has 120 valence electrons. The first kappa shape index (κ1) is 17.1. The van der Waals surface area contributed by atoms with E-state index in [0.717, 1.165) is 30.8 Å². The molecule has 0 heterocycles. The summed E-state index contributed by atoms with van der Waals surface area (Å²) in [4.78, 5) is 26.9. The molecule has 0 saturated heterocycles. The fourth-order valence-electron chi connectivity index (χ4n) is 2.43. The number of carbonyl (C=O) groups excluding carboxylic acids is 2. The van der Waals surface area contributed by atoms with Crippen LogP contribution in [0, 0.1) is 6.92 Å². The molecular weight excluding hydrogens is 286 g/mol. The first-order valence-electron chi connectivity index (χ1n) is 8.02. The summed E-state index contributed by atoms with van der Waals surface area (Å²) in [5.41, 5.74) is 3.09. The number of hydrogen-bond donors (Lipinski definition) is 0. The highest BCUT2D eigenvalue weighted by molar-refractivity contribution is 6.49. The van der Waals surface area contributed by atoms with E-state index in [9.17, 15) is 9.59 Å². The number of ketones is 2. The van der Waals surface area contributed by atoms with Gasteiger partial charge in [-0.2, -0.15) is 0 Å². The van der Waals surface area contributed by atoms with Crippen LogP contribution in [0.4, 0.5) is 0 Å². The second kappa shape index (κ2) is 7.84. The molecule has 0 unspecified atom stereocenters. The van der Waals surface area contributed by atoms with E-state index in [2.05, 4.69) is 18.7 Å². The van der Waals surface area contributed by atoms with Gasteiger partial charge in [-0.15, -0.1) is 0 Å². The van der Waals surface area contributed by atoms with Gasteiger partial charge in [0.2, 0.25) is 11.6 Å². The molecule has 0 aliphatic heterocycles. The summed E-state index contributed by atoms with van der Waals surface area (Å²) >= 11 is 0. The minimum atomic E-state index is -0.457. The van der Waals surface area contributed by atoms with Crippen molar-refractivity contribution >= 4 is 11.6 Å². The second-order valence-corrected chi connectivity index (χ2v) is 5.68. The monoisotopic (exact) mass is 309 g/mol. The first-order valence-corrected chi connectivity index (χ1v) is 8.02. The number of benzene rings is 2.